The van der Waals surface area contributed by atoms with E-state index in [2.05, 4.69) is 49.1 Å². The molecule has 0 spiro atoms. The van der Waals surface area contributed by atoms with Crippen molar-refractivity contribution in [2.45, 2.75) is 26.3 Å². The van der Waals surface area contributed by atoms with E-state index in [0.717, 1.165) is 5.92 Å². The molecule has 2 fully saturated rings. The van der Waals surface area contributed by atoms with Gasteiger partial charge in [0.05, 0.1) is 0 Å². The Kier molecular flexibility index (Phi) is 2.81. The summed E-state index contributed by atoms with van der Waals surface area (Å²) in [6.45, 7) is 7.39. The van der Waals surface area contributed by atoms with Crippen LogP contribution in [0.4, 0.5) is 0 Å². The van der Waals surface area contributed by atoms with Crippen molar-refractivity contribution in [2.24, 2.45) is 11.3 Å². The summed E-state index contributed by atoms with van der Waals surface area (Å²) in [5.41, 5.74) is 2.13. The number of hydrogen-bond acceptors (Lipinski definition) is 2. The second kappa shape index (κ2) is 3.86. The summed E-state index contributed by atoms with van der Waals surface area (Å²) in [5.74, 6) is 0.990. The topological polar surface area (TPSA) is 38.2 Å². The van der Waals surface area contributed by atoms with Crippen LogP contribution in [0.15, 0.2) is 30.3 Å². The Balaban J connectivity index is 0.000000963. The van der Waals surface area contributed by atoms with Crippen molar-refractivity contribution in [1.29, 1.82) is 0 Å². The van der Waals surface area contributed by atoms with E-state index in [-0.39, 0.29) is 6.15 Å². The van der Waals surface area contributed by atoms with Gasteiger partial charge in [0.15, 0.2) is 0 Å². The van der Waals surface area contributed by atoms with Gasteiger partial charge in [-0.3, -0.25) is 4.90 Å². The molecule has 1 saturated heterocycles. The summed E-state index contributed by atoms with van der Waals surface area (Å²) in [5, 5.41) is 0. The molecule has 16 heavy (non-hydrogen) atoms. The molecule has 2 heteroatoms. The summed E-state index contributed by atoms with van der Waals surface area (Å²) in [6, 6.07) is 11.5. The van der Waals surface area contributed by atoms with Crippen LogP contribution in [0.1, 0.15) is 31.9 Å². The molecule has 0 bridgehead atoms. The van der Waals surface area contributed by atoms with Crippen molar-refractivity contribution in [3.63, 3.8) is 0 Å². The second-order valence-electron chi connectivity index (χ2n) is 5.57. The zero-order valence-corrected chi connectivity index (χ0v) is 10.3. The minimum absolute atomic E-state index is 0. The number of likely N-dealkylation sites (tertiary alicyclic amines) is 1. The SMILES string of the molecule is CC(c1ccccc1)N1CC2CC2(C)C1.N. The lowest BCUT2D eigenvalue weighted by atomic mass is 10.1. The Hall–Kier alpha value is -0.860. The minimum Gasteiger partial charge on any atom is -0.344 e. The van der Waals surface area contributed by atoms with Crippen LogP contribution >= 0.6 is 0 Å². The van der Waals surface area contributed by atoms with Crippen molar-refractivity contribution in [3.8, 4) is 0 Å². The van der Waals surface area contributed by atoms with Gasteiger partial charge in [-0.2, -0.15) is 0 Å². The van der Waals surface area contributed by atoms with E-state index in [4.69, 9.17) is 0 Å². The fourth-order valence-electron chi connectivity index (χ4n) is 3.03. The lowest BCUT2D eigenvalue weighted by Crippen LogP contribution is -2.27. The Labute approximate surface area is 98.2 Å². The first-order chi connectivity index (χ1) is 7.19. The van der Waals surface area contributed by atoms with Crippen molar-refractivity contribution in [3.05, 3.63) is 35.9 Å². The molecule has 3 unspecified atom stereocenters. The molecule has 1 aliphatic heterocycles. The molecule has 0 amide bonds. The van der Waals surface area contributed by atoms with Crippen LogP contribution in [0.5, 0.6) is 0 Å². The van der Waals surface area contributed by atoms with Crippen molar-refractivity contribution < 1.29 is 0 Å². The fourth-order valence-corrected chi connectivity index (χ4v) is 3.03. The van der Waals surface area contributed by atoms with Gasteiger partial charge >= 0.3 is 0 Å². The first-order valence-electron chi connectivity index (χ1n) is 5.98. The second-order valence-corrected chi connectivity index (χ2v) is 5.57. The molecule has 0 aromatic heterocycles. The van der Waals surface area contributed by atoms with Gasteiger partial charge in [0.1, 0.15) is 0 Å². The molecule has 1 aliphatic carbocycles. The van der Waals surface area contributed by atoms with Gasteiger partial charge in [-0.25, -0.2) is 0 Å². The van der Waals surface area contributed by atoms with E-state index in [1.54, 1.807) is 0 Å². The number of rotatable bonds is 2. The number of benzene rings is 1. The lowest BCUT2D eigenvalue weighted by molar-refractivity contribution is 0.222. The smallest absolute Gasteiger partial charge is 0.0320 e. The molecule has 2 aliphatic rings. The number of nitrogens with zero attached hydrogens (tertiary/aromatic N) is 1. The fraction of sp³-hybridized carbons (Fsp3) is 0.571. The maximum Gasteiger partial charge on any atom is 0.0320 e. The minimum atomic E-state index is 0. The molecular weight excluding hydrogens is 196 g/mol. The van der Waals surface area contributed by atoms with Crippen molar-refractivity contribution >= 4 is 0 Å². The van der Waals surface area contributed by atoms with E-state index in [9.17, 15) is 0 Å². The quantitative estimate of drug-likeness (QED) is 0.827. The van der Waals surface area contributed by atoms with Crippen LogP contribution in [-0.4, -0.2) is 18.0 Å². The number of fused-ring (bicyclic) bond motifs is 1. The molecule has 3 rings (SSSR count). The van der Waals surface area contributed by atoms with E-state index < -0.39 is 0 Å². The molecule has 3 atom stereocenters. The van der Waals surface area contributed by atoms with Crippen LogP contribution in [0.3, 0.4) is 0 Å². The summed E-state index contributed by atoms with van der Waals surface area (Å²) >= 11 is 0. The number of piperidine rings is 1. The maximum absolute atomic E-state index is 2.64. The van der Waals surface area contributed by atoms with Gasteiger partial charge in [0.25, 0.3) is 0 Å². The Morgan fingerprint density at radius 1 is 1.31 bits per heavy atom. The van der Waals surface area contributed by atoms with Gasteiger partial charge in [-0.1, -0.05) is 37.3 Å². The molecule has 1 aromatic rings. The lowest BCUT2D eigenvalue weighted by Gasteiger charge is -2.27. The Morgan fingerprint density at radius 2 is 2.00 bits per heavy atom. The van der Waals surface area contributed by atoms with E-state index in [1.165, 1.54) is 25.1 Å². The summed E-state index contributed by atoms with van der Waals surface area (Å²) in [6.07, 6.45) is 1.46. The van der Waals surface area contributed by atoms with E-state index >= 15 is 0 Å². The van der Waals surface area contributed by atoms with Crippen molar-refractivity contribution in [1.82, 2.24) is 11.1 Å². The molecular formula is C14H22N2. The van der Waals surface area contributed by atoms with Crippen LogP contribution in [0, 0.1) is 11.3 Å². The van der Waals surface area contributed by atoms with Gasteiger partial charge in [0, 0.05) is 19.1 Å². The van der Waals surface area contributed by atoms with Crippen LogP contribution in [0.25, 0.3) is 0 Å². The third kappa shape index (κ3) is 1.76. The highest BCUT2D eigenvalue weighted by Gasteiger charge is 2.56. The third-order valence-electron chi connectivity index (χ3n) is 4.39. The van der Waals surface area contributed by atoms with Crippen LogP contribution in [0.2, 0.25) is 0 Å². The average molecular weight is 218 g/mol. The highest BCUT2D eigenvalue weighted by Crippen LogP contribution is 2.58. The van der Waals surface area contributed by atoms with Crippen LogP contribution in [-0.2, 0) is 0 Å². The zero-order valence-electron chi connectivity index (χ0n) is 10.3. The standard InChI is InChI=1S/C14H19N.H3N/c1-11(12-6-4-3-5-7-12)15-9-13-8-14(13,2)10-15;/h3-7,11,13H,8-10H2,1-2H3;1H3. The monoisotopic (exact) mass is 218 g/mol. The van der Waals surface area contributed by atoms with Gasteiger partial charge < -0.3 is 6.15 Å². The predicted octanol–water partition coefficient (Wildman–Crippen LogP) is 3.25. The van der Waals surface area contributed by atoms with E-state index in [0.29, 0.717) is 11.5 Å². The van der Waals surface area contributed by atoms with Crippen molar-refractivity contribution in [2.75, 3.05) is 13.1 Å². The van der Waals surface area contributed by atoms with Crippen LogP contribution < -0.4 is 6.15 Å². The third-order valence-corrected chi connectivity index (χ3v) is 4.39. The molecule has 88 valence electrons. The highest BCUT2D eigenvalue weighted by molar-refractivity contribution is 5.20. The van der Waals surface area contributed by atoms with Gasteiger partial charge in [0.2, 0.25) is 0 Å². The van der Waals surface area contributed by atoms with E-state index in [1.807, 2.05) is 0 Å². The Morgan fingerprint density at radius 3 is 2.56 bits per heavy atom. The molecule has 0 radical (unpaired) electrons. The largest absolute Gasteiger partial charge is 0.344 e. The molecule has 1 heterocycles. The molecule has 1 aromatic carbocycles. The summed E-state index contributed by atoms with van der Waals surface area (Å²) < 4.78 is 0. The van der Waals surface area contributed by atoms with Gasteiger partial charge in [-0.15, -0.1) is 0 Å². The zero-order chi connectivity index (χ0) is 10.5. The molecule has 2 nitrogen and oxygen atoms in total. The first-order valence-corrected chi connectivity index (χ1v) is 5.98. The first kappa shape index (κ1) is 11.6. The van der Waals surface area contributed by atoms with Gasteiger partial charge in [-0.05, 0) is 30.2 Å². The predicted molar refractivity (Wildman–Crippen MR) is 67.7 cm³/mol. The average Bonchev–Trinajstić information content (AvgIpc) is 2.77. The molecule has 3 N–H and O–H groups in total. The summed E-state index contributed by atoms with van der Waals surface area (Å²) in [4.78, 5) is 2.64. The highest BCUT2D eigenvalue weighted by atomic mass is 15.2. The molecule has 1 saturated carbocycles. The normalized spacial score (nSPS) is 34.0. The maximum atomic E-state index is 2.64. The summed E-state index contributed by atoms with van der Waals surface area (Å²) in [7, 11) is 0. The number of hydrogen-bond donors (Lipinski definition) is 1. The Bertz CT molecular complexity index is 362.